The maximum Gasteiger partial charge on any atom is 0.416 e. The van der Waals surface area contributed by atoms with Gasteiger partial charge in [0, 0.05) is 60.5 Å². The van der Waals surface area contributed by atoms with E-state index in [2.05, 4.69) is 25.9 Å². The van der Waals surface area contributed by atoms with Crippen LogP contribution in [-0.2, 0) is 12.6 Å². The lowest BCUT2D eigenvalue weighted by Crippen LogP contribution is -2.09. The summed E-state index contributed by atoms with van der Waals surface area (Å²) in [4.78, 5) is 15.4. The molecule has 29 heavy (non-hydrogen) atoms. The summed E-state index contributed by atoms with van der Waals surface area (Å²) in [5, 5.41) is 0.885. The fraction of sp³-hybridized carbons (Fsp3) is 0.0909. The van der Waals surface area contributed by atoms with Crippen molar-refractivity contribution in [2.24, 2.45) is 0 Å². The van der Waals surface area contributed by atoms with Crippen molar-refractivity contribution in [3.05, 3.63) is 95.2 Å². The van der Waals surface area contributed by atoms with Gasteiger partial charge in [-0.2, -0.15) is 13.2 Å². The van der Waals surface area contributed by atoms with Crippen LogP contribution in [0, 0.1) is 18.8 Å². The molecule has 4 nitrogen and oxygen atoms in total. The second-order valence-corrected chi connectivity index (χ2v) is 6.41. The highest BCUT2D eigenvalue weighted by molar-refractivity contribution is 5.86. The summed E-state index contributed by atoms with van der Waals surface area (Å²) >= 11 is 0. The van der Waals surface area contributed by atoms with Crippen molar-refractivity contribution in [3.8, 4) is 12.3 Å². The molecule has 1 N–H and O–H groups in total. The molecule has 0 saturated carbocycles. The Labute approximate surface area is 164 Å². The first-order valence-electron chi connectivity index (χ1n) is 8.68. The number of alkyl halides is 3. The Morgan fingerprint density at radius 3 is 2.66 bits per heavy atom. The number of hydrogen-bond acceptors (Lipinski definition) is 3. The fourth-order valence-corrected chi connectivity index (χ4v) is 3.17. The molecule has 4 rings (SSSR count). The third-order valence-electron chi connectivity index (χ3n) is 4.51. The van der Waals surface area contributed by atoms with Crippen LogP contribution in [0.3, 0.4) is 0 Å². The first-order valence-corrected chi connectivity index (χ1v) is 8.68. The van der Waals surface area contributed by atoms with Gasteiger partial charge in [0.1, 0.15) is 5.65 Å². The minimum Gasteiger partial charge on any atom is -0.346 e. The van der Waals surface area contributed by atoms with E-state index in [1.54, 1.807) is 24.5 Å². The third kappa shape index (κ3) is 3.83. The van der Waals surface area contributed by atoms with E-state index in [9.17, 15) is 13.2 Å². The van der Waals surface area contributed by atoms with Crippen molar-refractivity contribution in [1.82, 2.24) is 19.9 Å². The molecule has 0 unspecified atom stereocenters. The van der Waals surface area contributed by atoms with Crippen molar-refractivity contribution < 1.29 is 13.2 Å². The molecule has 0 spiro atoms. The van der Waals surface area contributed by atoms with Crippen LogP contribution in [0.25, 0.3) is 11.0 Å². The Hall–Kier alpha value is -3.66. The third-order valence-corrected chi connectivity index (χ3v) is 4.51. The van der Waals surface area contributed by atoms with Crippen LogP contribution in [0.1, 0.15) is 33.5 Å². The van der Waals surface area contributed by atoms with Crippen molar-refractivity contribution in [1.29, 1.82) is 0 Å². The standard InChI is InChI=1S/C22H14F3N4/c1-2-15-5-8-27-21-20(15)17(13-29-21)9-14-3-4-18(28-11-14)10-16-12-26-7-6-19(16)22(23,24)25/h1,3-8,10-13H,9H2,(H,27,29). The number of nitrogens with one attached hydrogen (secondary N) is 1. The molecular formula is C22H14F3N4. The van der Waals surface area contributed by atoms with Gasteiger partial charge in [0.15, 0.2) is 0 Å². The van der Waals surface area contributed by atoms with Gasteiger partial charge in [0.2, 0.25) is 0 Å². The average molecular weight is 391 g/mol. The van der Waals surface area contributed by atoms with Gasteiger partial charge in [-0.25, -0.2) is 4.98 Å². The highest BCUT2D eigenvalue weighted by Gasteiger charge is 2.33. The number of nitrogens with zero attached hydrogens (tertiary/aromatic N) is 3. The Balaban J connectivity index is 1.57. The van der Waals surface area contributed by atoms with Gasteiger partial charge in [-0.05, 0) is 34.9 Å². The molecule has 0 fully saturated rings. The summed E-state index contributed by atoms with van der Waals surface area (Å²) in [7, 11) is 0. The Bertz CT molecular complexity index is 1200. The Kier molecular flexibility index (Phi) is 4.77. The van der Waals surface area contributed by atoms with Crippen LogP contribution >= 0.6 is 0 Å². The second kappa shape index (κ2) is 7.40. The van der Waals surface area contributed by atoms with Crippen molar-refractivity contribution in [2.75, 3.05) is 0 Å². The molecule has 143 valence electrons. The molecule has 4 aromatic heterocycles. The highest BCUT2D eigenvalue weighted by Crippen LogP contribution is 2.32. The molecule has 0 amide bonds. The molecule has 4 heterocycles. The van der Waals surface area contributed by atoms with E-state index in [0.717, 1.165) is 34.3 Å². The van der Waals surface area contributed by atoms with E-state index in [1.165, 1.54) is 12.6 Å². The number of rotatable bonds is 4. The van der Waals surface area contributed by atoms with E-state index in [4.69, 9.17) is 6.42 Å². The van der Waals surface area contributed by atoms with Gasteiger partial charge >= 0.3 is 6.18 Å². The highest BCUT2D eigenvalue weighted by atomic mass is 19.4. The summed E-state index contributed by atoms with van der Waals surface area (Å²) in [6, 6.07) is 6.24. The quantitative estimate of drug-likeness (QED) is 0.520. The number of halogens is 3. The monoisotopic (exact) mass is 391 g/mol. The maximum absolute atomic E-state index is 13.1. The van der Waals surface area contributed by atoms with E-state index < -0.39 is 11.7 Å². The van der Waals surface area contributed by atoms with Gasteiger partial charge in [0.05, 0.1) is 5.56 Å². The van der Waals surface area contributed by atoms with E-state index in [-0.39, 0.29) is 5.56 Å². The van der Waals surface area contributed by atoms with Gasteiger partial charge in [0.25, 0.3) is 0 Å². The number of H-pyrrole nitrogens is 1. The second-order valence-electron chi connectivity index (χ2n) is 6.41. The molecule has 0 bridgehead atoms. The maximum atomic E-state index is 13.1. The minimum atomic E-state index is -4.45. The lowest BCUT2D eigenvalue weighted by atomic mass is 10.0. The number of fused-ring (bicyclic) bond motifs is 1. The van der Waals surface area contributed by atoms with Crippen LogP contribution in [0.15, 0.2) is 55.2 Å². The average Bonchev–Trinajstić information content (AvgIpc) is 3.12. The van der Waals surface area contributed by atoms with Crippen LogP contribution in [0.4, 0.5) is 13.2 Å². The number of pyridine rings is 3. The van der Waals surface area contributed by atoms with E-state index in [1.807, 2.05) is 12.3 Å². The summed E-state index contributed by atoms with van der Waals surface area (Å²) < 4.78 is 39.4. The summed E-state index contributed by atoms with van der Waals surface area (Å²) in [5.74, 6) is 2.66. The molecule has 0 aromatic carbocycles. The minimum absolute atomic E-state index is 0.0263. The van der Waals surface area contributed by atoms with E-state index >= 15 is 0 Å². The van der Waals surface area contributed by atoms with Gasteiger partial charge < -0.3 is 4.98 Å². The van der Waals surface area contributed by atoms with Gasteiger partial charge in [-0.15, -0.1) is 6.42 Å². The van der Waals surface area contributed by atoms with Gasteiger partial charge in [-0.1, -0.05) is 12.0 Å². The number of hydrogen-bond donors (Lipinski definition) is 1. The van der Waals surface area contributed by atoms with Crippen LogP contribution in [0.2, 0.25) is 0 Å². The van der Waals surface area contributed by atoms with Crippen molar-refractivity contribution >= 4 is 11.0 Å². The lowest BCUT2D eigenvalue weighted by Gasteiger charge is -2.11. The summed E-state index contributed by atoms with van der Waals surface area (Å²) in [6.45, 7) is 0. The normalized spacial score (nSPS) is 11.5. The van der Waals surface area contributed by atoms with E-state index in [0.29, 0.717) is 17.8 Å². The van der Waals surface area contributed by atoms with Crippen LogP contribution in [0.5, 0.6) is 0 Å². The molecule has 4 aromatic rings. The van der Waals surface area contributed by atoms with Gasteiger partial charge in [-0.3, -0.25) is 9.97 Å². The smallest absolute Gasteiger partial charge is 0.346 e. The first kappa shape index (κ1) is 18.7. The molecular weight excluding hydrogens is 377 g/mol. The predicted molar refractivity (Wildman–Crippen MR) is 103 cm³/mol. The Morgan fingerprint density at radius 2 is 1.93 bits per heavy atom. The van der Waals surface area contributed by atoms with Crippen molar-refractivity contribution in [2.45, 2.75) is 12.6 Å². The number of aromatic amines is 1. The number of aromatic nitrogens is 4. The molecule has 0 aliphatic rings. The first-order chi connectivity index (χ1) is 14.0. The molecule has 0 saturated heterocycles. The summed E-state index contributed by atoms with van der Waals surface area (Å²) in [6.07, 6.45) is 10.5. The topological polar surface area (TPSA) is 54.5 Å². The number of terminal acetylenes is 1. The zero-order chi connectivity index (χ0) is 20.4. The summed E-state index contributed by atoms with van der Waals surface area (Å²) in [5.41, 5.74) is 2.98. The molecule has 0 aliphatic carbocycles. The predicted octanol–water partition coefficient (Wildman–Crippen LogP) is 4.54. The van der Waals surface area contributed by atoms with Crippen LogP contribution < -0.4 is 0 Å². The zero-order valence-corrected chi connectivity index (χ0v) is 15.0. The Morgan fingerprint density at radius 1 is 1.07 bits per heavy atom. The fourth-order valence-electron chi connectivity index (χ4n) is 3.17. The molecule has 0 atom stereocenters. The molecule has 0 aliphatic heterocycles. The molecule has 7 heteroatoms. The zero-order valence-electron chi connectivity index (χ0n) is 15.0. The van der Waals surface area contributed by atoms with Crippen LogP contribution in [-0.4, -0.2) is 19.9 Å². The lowest BCUT2D eigenvalue weighted by molar-refractivity contribution is -0.138. The largest absolute Gasteiger partial charge is 0.416 e. The van der Waals surface area contributed by atoms with Crippen molar-refractivity contribution in [3.63, 3.8) is 0 Å². The SMILES string of the molecule is C#Cc1ccnc2[nH]cc(Cc3ccc([CH]c4cnccc4C(F)(F)F)nc3)c12. The molecule has 1 radical (unpaired) electrons.